The van der Waals surface area contributed by atoms with E-state index >= 15 is 0 Å². The van der Waals surface area contributed by atoms with Crippen LogP contribution in [0.5, 0.6) is 5.75 Å². The second kappa shape index (κ2) is 5.61. The van der Waals surface area contributed by atoms with Crippen LogP contribution in [0.2, 0.25) is 5.02 Å². The average Bonchev–Trinajstić information content (AvgIpc) is 2.95. The van der Waals surface area contributed by atoms with Gasteiger partial charge in [-0.1, -0.05) is 11.6 Å². The van der Waals surface area contributed by atoms with Crippen molar-refractivity contribution in [3.63, 3.8) is 0 Å². The van der Waals surface area contributed by atoms with Crippen LogP contribution in [0.3, 0.4) is 0 Å². The first kappa shape index (κ1) is 14.3. The van der Waals surface area contributed by atoms with Crippen LogP contribution in [0.4, 0.5) is 0 Å². The van der Waals surface area contributed by atoms with Crippen LogP contribution in [-0.2, 0) is 9.59 Å². The Labute approximate surface area is 130 Å². The molecule has 0 spiro atoms. The Morgan fingerprint density at radius 2 is 2.24 bits per heavy atom. The van der Waals surface area contributed by atoms with Gasteiger partial charge in [-0.25, -0.2) is 4.79 Å². The summed E-state index contributed by atoms with van der Waals surface area (Å²) < 4.78 is 5.54. The van der Waals surface area contributed by atoms with E-state index in [2.05, 4.69) is 0 Å². The lowest BCUT2D eigenvalue weighted by Gasteiger charge is -2.24. The molecule has 0 saturated carbocycles. The number of hydrogen-bond acceptors (Lipinski definition) is 4. The zero-order valence-corrected chi connectivity index (χ0v) is 12.5. The number of carbonyl (C=O) groups is 2. The van der Waals surface area contributed by atoms with Gasteiger partial charge in [0.1, 0.15) is 18.4 Å². The number of halogens is 1. The number of carboxylic acid groups (broad SMARTS) is 1. The first-order valence-electron chi connectivity index (χ1n) is 6.30. The van der Waals surface area contributed by atoms with E-state index in [-0.39, 0.29) is 12.5 Å². The lowest BCUT2D eigenvalue weighted by Crippen LogP contribution is -2.43. The second-order valence-electron chi connectivity index (χ2n) is 4.77. The quantitative estimate of drug-likeness (QED) is 0.902. The van der Waals surface area contributed by atoms with Crippen molar-refractivity contribution in [2.45, 2.75) is 6.04 Å². The maximum atomic E-state index is 12.5. The minimum Gasteiger partial charge on any atom is -0.488 e. The average molecular weight is 326 g/mol. The van der Waals surface area contributed by atoms with Crippen molar-refractivity contribution in [3.05, 3.63) is 34.4 Å². The van der Waals surface area contributed by atoms with Crippen molar-refractivity contribution in [2.24, 2.45) is 0 Å². The number of rotatable bonds is 2. The summed E-state index contributed by atoms with van der Waals surface area (Å²) in [6.45, 7) is 0.140. The van der Waals surface area contributed by atoms with E-state index in [1.165, 1.54) is 16.7 Å². The molecule has 21 heavy (non-hydrogen) atoms. The number of hydrogen-bond donors (Lipinski definition) is 1. The molecule has 2 heterocycles. The smallest absolute Gasteiger partial charge is 0.327 e. The van der Waals surface area contributed by atoms with Gasteiger partial charge in [-0.15, -0.1) is 11.8 Å². The number of thioether (sulfide) groups is 1. The van der Waals surface area contributed by atoms with Gasteiger partial charge in [0.25, 0.3) is 5.91 Å². The zero-order chi connectivity index (χ0) is 15.0. The Bertz CT molecular complexity index is 646. The van der Waals surface area contributed by atoms with Gasteiger partial charge in [-0.05, 0) is 24.3 Å². The zero-order valence-electron chi connectivity index (χ0n) is 10.9. The highest BCUT2D eigenvalue weighted by atomic mass is 35.5. The van der Waals surface area contributed by atoms with E-state index in [1.54, 1.807) is 24.3 Å². The number of fused-ring (bicyclic) bond motifs is 1. The molecule has 1 amide bonds. The van der Waals surface area contributed by atoms with Gasteiger partial charge >= 0.3 is 5.97 Å². The fourth-order valence-electron chi connectivity index (χ4n) is 2.30. The number of benzene rings is 1. The van der Waals surface area contributed by atoms with Crippen molar-refractivity contribution in [1.29, 1.82) is 0 Å². The Kier molecular flexibility index (Phi) is 3.82. The Morgan fingerprint density at radius 3 is 3.00 bits per heavy atom. The van der Waals surface area contributed by atoms with Crippen LogP contribution in [0.15, 0.2) is 23.8 Å². The summed E-state index contributed by atoms with van der Waals surface area (Å²) >= 11 is 7.37. The van der Waals surface area contributed by atoms with Gasteiger partial charge in [0.05, 0.1) is 11.4 Å². The van der Waals surface area contributed by atoms with Crippen molar-refractivity contribution < 1.29 is 19.4 Å². The van der Waals surface area contributed by atoms with Gasteiger partial charge in [-0.3, -0.25) is 4.79 Å². The molecule has 0 bridgehead atoms. The maximum Gasteiger partial charge on any atom is 0.327 e. The first-order chi connectivity index (χ1) is 10.1. The number of amides is 1. The van der Waals surface area contributed by atoms with E-state index in [4.69, 9.17) is 21.4 Å². The van der Waals surface area contributed by atoms with E-state index in [0.717, 1.165) is 5.56 Å². The molecule has 7 heteroatoms. The fourth-order valence-corrected chi connectivity index (χ4v) is 3.63. The van der Waals surface area contributed by atoms with E-state index in [9.17, 15) is 9.59 Å². The summed E-state index contributed by atoms with van der Waals surface area (Å²) in [5, 5.41) is 9.71. The number of carbonyl (C=O) groups excluding carboxylic acids is 1. The third kappa shape index (κ3) is 2.73. The van der Waals surface area contributed by atoms with Crippen molar-refractivity contribution in [3.8, 4) is 5.75 Å². The molecule has 3 rings (SSSR count). The third-order valence-corrected chi connectivity index (χ3v) is 4.63. The van der Waals surface area contributed by atoms with Crippen LogP contribution in [0.1, 0.15) is 5.56 Å². The first-order valence-corrected chi connectivity index (χ1v) is 7.84. The maximum absolute atomic E-state index is 12.5. The van der Waals surface area contributed by atoms with Crippen LogP contribution in [-0.4, -0.2) is 46.2 Å². The fraction of sp³-hybridized carbons (Fsp3) is 0.286. The summed E-state index contributed by atoms with van der Waals surface area (Å²) in [6.07, 6.45) is 1.72. The van der Waals surface area contributed by atoms with Gasteiger partial charge in [0, 0.05) is 16.3 Å². The summed E-state index contributed by atoms with van der Waals surface area (Å²) in [4.78, 5) is 25.0. The molecule has 0 aromatic heterocycles. The van der Waals surface area contributed by atoms with Gasteiger partial charge in [0.15, 0.2) is 0 Å². The third-order valence-electron chi connectivity index (χ3n) is 3.39. The molecule has 0 unspecified atom stereocenters. The highest BCUT2D eigenvalue weighted by Crippen LogP contribution is 2.31. The largest absolute Gasteiger partial charge is 0.488 e. The standard InChI is InChI=1S/C14H12ClNO4S/c15-10-1-2-12-8(4-10)3-9(5-20-12)13(17)16-7-21-6-11(16)14(18)19/h1-4,11H,5-7H2,(H,18,19)/t11-/m0/s1. The molecule has 1 aromatic rings. The lowest BCUT2D eigenvalue weighted by atomic mass is 10.1. The number of nitrogens with zero attached hydrogens (tertiary/aromatic N) is 1. The number of carboxylic acids is 1. The predicted molar refractivity (Wildman–Crippen MR) is 80.5 cm³/mol. The van der Waals surface area contributed by atoms with E-state index < -0.39 is 12.0 Å². The summed E-state index contributed by atoms with van der Waals surface area (Å²) in [5.41, 5.74) is 1.18. The SMILES string of the molecule is O=C(O)[C@@H]1CSCN1C(=O)C1=Cc2cc(Cl)ccc2OC1. The van der Waals surface area contributed by atoms with Gasteiger partial charge < -0.3 is 14.7 Å². The Balaban J connectivity index is 1.87. The van der Waals surface area contributed by atoms with Crippen LogP contribution >= 0.6 is 23.4 Å². The highest BCUT2D eigenvalue weighted by molar-refractivity contribution is 7.99. The lowest BCUT2D eigenvalue weighted by molar-refractivity contribution is -0.146. The molecular formula is C14H12ClNO4S. The van der Waals surface area contributed by atoms with Gasteiger partial charge in [0.2, 0.25) is 0 Å². The minimum atomic E-state index is -0.978. The normalized spacial score (nSPS) is 20.5. The molecule has 0 aliphatic carbocycles. The second-order valence-corrected chi connectivity index (χ2v) is 6.21. The Hall–Kier alpha value is -1.66. The molecule has 2 aliphatic heterocycles. The van der Waals surface area contributed by atoms with E-state index in [0.29, 0.717) is 28.0 Å². The molecule has 5 nitrogen and oxygen atoms in total. The summed E-state index contributed by atoms with van der Waals surface area (Å²) in [6, 6.07) is 4.42. The topological polar surface area (TPSA) is 66.8 Å². The molecule has 2 aliphatic rings. The molecule has 1 atom stereocenters. The molecule has 110 valence electrons. The van der Waals surface area contributed by atoms with Crippen LogP contribution in [0, 0.1) is 0 Å². The summed E-state index contributed by atoms with van der Waals surface area (Å²) in [7, 11) is 0. The molecule has 1 fully saturated rings. The number of ether oxygens (including phenoxy) is 1. The molecule has 1 N–H and O–H groups in total. The van der Waals surface area contributed by atoms with Crippen LogP contribution < -0.4 is 4.74 Å². The van der Waals surface area contributed by atoms with Gasteiger partial charge in [-0.2, -0.15) is 0 Å². The summed E-state index contributed by atoms with van der Waals surface area (Å²) in [5.74, 6) is 0.196. The molecule has 0 radical (unpaired) electrons. The highest BCUT2D eigenvalue weighted by Gasteiger charge is 2.36. The van der Waals surface area contributed by atoms with Crippen LogP contribution in [0.25, 0.3) is 6.08 Å². The van der Waals surface area contributed by atoms with Crippen molar-refractivity contribution >= 4 is 41.3 Å². The monoisotopic (exact) mass is 325 g/mol. The van der Waals surface area contributed by atoms with Crippen molar-refractivity contribution in [1.82, 2.24) is 4.90 Å². The molecular weight excluding hydrogens is 314 g/mol. The minimum absolute atomic E-state index is 0.140. The predicted octanol–water partition coefficient (Wildman–Crippen LogP) is 2.10. The number of aliphatic carboxylic acids is 1. The van der Waals surface area contributed by atoms with E-state index in [1.807, 2.05) is 0 Å². The molecule has 1 aromatic carbocycles. The molecule has 1 saturated heterocycles. The Morgan fingerprint density at radius 1 is 1.43 bits per heavy atom. The van der Waals surface area contributed by atoms with Crippen molar-refractivity contribution in [2.75, 3.05) is 18.2 Å².